The van der Waals surface area contributed by atoms with Crippen molar-refractivity contribution < 1.29 is 9.90 Å². The van der Waals surface area contributed by atoms with Crippen molar-refractivity contribution >= 4 is 41.0 Å². The molecule has 1 N–H and O–H groups in total. The normalized spacial score (nSPS) is 19.0. The maximum atomic E-state index is 13.2. The zero-order valence-electron chi connectivity index (χ0n) is 15.1. The van der Waals surface area contributed by atoms with Gasteiger partial charge in [-0.05, 0) is 54.7 Å². The number of aryl methyl sites for hydroxylation is 1. The molecule has 2 aromatic rings. The summed E-state index contributed by atoms with van der Waals surface area (Å²) in [5.74, 6) is 0.534. The summed E-state index contributed by atoms with van der Waals surface area (Å²) < 4.78 is 0. The number of rotatable bonds is 4. The highest BCUT2D eigenvalue weighted by atomic mass is 35.5. The molecule has 1 amide bonds. The van der Waals surface area contributed by atoms with Crippen molar-refractivity contribution in [1.82, 2.24) is 0 Å². The summed E-state index contributed by atoms with van der Waals surface area (Å²) in [5.41, 5.74) is 2.85. The number of carbonyl (C=O) groups is 1. The lowest BCUT2D eigenvalue weighted by Crippen LogP contribution is -2.33. The first-order chi connectivity index (χ1) is 12.4. The van der Waals surface area contributed by atoms with Crippen molar-refractivity contribution in [1.29, 1.82) is 0 Å². The van der Waals surface area contributed by atoms with E-state index in [1.54, 1.807) is 30.0 Å². The third kappa shape index (κ3) is 3.92. The molecule has 3 rings (SSSR count). The van der Waals surface area contributed by atoms with Gasteiger partial charge >= 0.3 is 0 Å². The number of hydrogen-bond donors (Lipinski definition) is 1. The van der Waals surface area contributed by atoms with Crippen LogP contribution in [0.5, 0.6) is 5.75 Å². The van der Waals surface area contributed by atoms with Crippen LogP contribution in [-0.2, 0) is 4.79 Å². The van der Waals surface area contributed by atoms with Gasteiger partial charge in [0.1, 0.15) is 5.75 Å². The number of anilines is 1. The fraction of sp³-hybridized carbons (Fsp3) is 0.286. The Kier molecular flexibility index (Phi) is 5.64. The van der Waals surface area contributed by atoms with Crippen LogP contribution in [-0.4, -0.2) is 16.4 Å². The summed E-state index contributed by atoms with van der Waals surface area (Å²) in [6, 6.07) is 13.0. The van der Waals surface area contributed by atoms with Crippen LogP contribution in [0.2, 0.25) is 5.02 Å². The van der Waals surface area contributed by atoms with Crippen molar-refractivity contribution in [2.24, 2.45) is 5.92 Å². The van der Waals surface area contributed by atoms with Gasteiger partial charge in [0, 0.05) is 5.69 Å². The van der Waals surface area contributed by atoms with Gasteiger partial charge < -0.3 is 5.11 Å². The molecule has 2 aromatic carbocycles. The summed E-state index contributed by atoms with van der Waals surface area (Å²) in [6.45, 7) is 6.37. The molecule has 0 spiro atoms. The minimum atomic E-state index is 0.0131. The third-order valence-corrected chi connectivity index (χ3v) is 5.82. The van der Waals surface area contributed by atoms with Crippen molar-refractivity contribution in [3.05, 3.63) is 63.5 Å². The maximum Gasteiger partial charge on any atom is 0.265 e. The number of nitrogens with zero attached hydrogens (tertiary/aromatic N) is 1. The fourth-order valence-corrected chi connectivity index (χ4v) is 4.70. The second-order valence-electron chi connectivity index (χ2n) is 6.88. The molecule has 1 heterocycles. The van der Waals surface area contributed by atoms with Gasteiger partial charge in [-0.25, -0.2) is 0 Å². The lowest BCUT2D eigenvalue weighted by Gasteiger charge is -2.26. The number of para-hydroxylation sites is 1. The molecule has 5 heteroatoms. The average Bonchev–Trinajstić information content (AvgIpc) is 2.86. The Morgan fingerprint density at radius 3 is 2.65 bits per heavy atom. The van der Waals surface area contributed by atoms with Crippen molar-refractivity contribution in [2.75, 3.05) is 4.90 Å². The number of phenols is 1. The summed E-state index contributed by atoms with van der Waals surface area (Å²) in [4.78, 5) is 15.8. The minimum absolute atomic E-state index is 0.0131. The van der Waals surface area contributed by atoms with Gasteiger partial charge in [-0.1, -0.05) is 61.5 Å². The van der Waals surface area contributed by atoms with Crippen LogP contribution in [0, 0.1) is 12.8 Å². The van der Waals surface area contributed by atoms with Gasteiger partial charge in [0.15, 0.2) is 0 Å². The van der Waals surface area contributed by atoms with E-state index in [2.05, 4.69) is 13.8 Å². The van der Waals surface area contributed by atoms with E-state index in [-0.39, 0.29) is 22.1 Å². The second kappa shape index (κ2) is 7.77. The van der Waals surface area contributed by atoms with Gasteiger partial charge in [0.25, 0.3) is 5.91 Å². The van der Waals surface area contributed by atoms with Crippen LogP contribution < -0.4 is 4.90 Å². The molecular weight excluding hydrogens is 366 g/mol. The molecule has 1 fully saturated rings. The Morgan fingerprint density at radius 2 is 2.00 bits per heavy atom. The molecule has 0 radical (unpaired) electrons. The molecule has 136 valence electrons. The van der Waals surface area contributed by atoms with Gasteiger partial charge in [0.05, 0.1) is 15.3 Å². The molecule has 0 saturated carbocycles. The average molecular weight is 388 g/mol. The number of hydrogen-bond acceptors (Lipinski definition) is 3. The monoisotopic (exact) mass is 387 g/mol. The lowest BCUT2D eigenvalue weighted by atomic mass is 10.1. The standard InChI is InChI=1S/C21H22ClNO2S/c1-13(2)10-20-23(17-7-5-4-6-14(17)3)21(25)19(26-20)12-15-8-9-18(24)16(22)11-15/h4-9,11-13,20,24H,10H2,1-3H3/b19-12-. The van der Waals surface area contributed by atoms with Crippen LogP contribution in [0.4, 0.5) is 5.69 Å². The van der Waals surface area contributed by atoms with Crippen LogP contribution >= 0.6 is 23.4 Å². The van der Waals surface area contributed by atoms with E-state index >= 15 is 0 Å². The predicted octanol–water partition coefficient (Wildman–Crippen LogP) is 5.85. The molecule has 0 aliphatic carbocycles. The van der Waals surface area contributed by atoms with Crippen LogP contribution in [0.25, 0.3) is 6.08 Å². The van der Waals surface area contributed by atoms with Gasteiger partial charge in [-0.3, -0.25) is 9.69 Å². The molecule has 26 heavy (non-hydrogen) atoms. The number of carbonyl (C=O) groups excluding carboxylic acids is 1. The number of benzene rings is 2. The fourth-order valence-electron chi connectivity index (χ4n) is 3.01. The van der Waals surface area contributed by atoms with Crippen molar-refractivity contribution in [2.45, 2.75) is 32.6 Å². The van der Waals surface area contributed by atoms with E-state index in [1.165, 1.54) is 0 Å². The molecule has 0 bridgehead atoms. The van der Waals surface area contributed by atoms with Crippen LogP contribution in [0.15, 0.2) is 47.4 Å². The highest BCUT2D eigenvalue weighted by Gasteiger charge is 2.37. The number of amides is 1. The molecular formula is C21H22ClNO2S. The second-order valence-corrected chi connectivity index (χ2v) is 8.51. The van der Waals surface area contributed by atoms with Gasteiger partial charge in [-0.15, -0.1) is 0 Å². The van der Waals surface area contributed by atoms with E-state index < -0.39 is 0 Å². The molecule has 1 saturated heterocycles. The van der Waals surface area contributed by atoms with Gasteiger partial charge in [0.2, 0.25) is 0 Å². The molecule has 1 atom stereocenters. The van der Waals surface area contributed by atoms with Crippen molar-refractivity contribution in [3.8, 4) is 5.75 Å². The highest BCUT2D eigenvalue weighted by molar-refractivity contribution is 8.05. The quantitative estimate of drug-likeness (QED) is 0.669. The van der Waals surface area contributed by atoms with E-state index in [9.17, 15) is 9.90 Å². The lowest BCUT2D eigenvalue weighted by molar-refractivity contribution is -0.114. The number of phenolic OH excluding ortho intramolecular Hbond substituents is 1. The minimum Gasteiger partial charge on any atom is -0.506 e. The zero-order chi connectivity index (χ0) is 18.8. The molecule has 3 nitrogen and oxygen atoms in total. The Bertz CT molecular complexity index is 863. The molecule has 1 aliphatic heterocycles. The Balaban J connectivity index is 1.99. The summed E-state index contributed by atoms with van der Waals surface area (Å²) in [6.07, 6.45) is 2.77. The first-order valence-corrected chi connectivity index (χ1v) is 9.88. The van der Waals surface area contributed by atoms with E-state index in [0.29, 0.717) is 10.8 Å². The molecule has 1 unspecified atom stereocenters. The number of halogens is 1. The first-order valence-electron chi connectivity index (χ1n) is 8.63. The van der Waals surface area contributed by atoms with E-state index in [1.807, 2.05) is 42.2 Å². The summed E-state index contributed by atoms with van der Waals surface area (Å²) in [5, 5.41) is 9.94. The number of aromatic hydroxyl groups is 1. The summed E-state index contributed by atoms with van der Waals surface area (Å²) >= 11 is 7.59. The van der Waals surface area contributed by atoms with E-state index in [4.69, 9.17) is 11.6 Å². The van der Waals surface area contributed by atoms with E-state index in [0.717, 1.165) is 23.2 Å². The number of thioether (sulfide) groups is 1. The SMILES string of the molecule is Cc1ccccc1N1C(=O)/C(=C/c2ccc(O)c(Cl)c2)SC1CC(C)C. The predicted molar refractivity (Wildman–Crippen MR) is 111 cm³/mol. The zero-order valence-corrected chi connectivity index (χ0v) is 16.6. The first kappa shape index (κ1) is 18.9. The maximum absolute atomic E-state index is 13.2. The molecule has 1 aliphatic rings. The summed E-state index contributed by atoms with van der Waals surface area (Å²) in [7, 11) is 0. The highest BCUT2D eigenvalue weighted by Crippen LogP contribution is 2.43. The van der Waals surface area contributed by atoms with Crippen LogP contribution in [0.3, 0.4) is 0 Å². The Hall–Kier alpha value is -1.91. The molecule has 0 aromatic heterocycles. The topological polar surface area (TPSA) is 40.5 Å². The third-order valence-electron chi connectivity index (χ3n) is 4.30. The smallest absolute Gasteiger partial charge is 0.265 e. The van der Waals surface area contributed by atoms with Crippen molar-refractivity contribution in [3.63, 3.8) is 0 Å². The van der Waals surface area contributed by atoms with Gasteiger partial charge in [-0.2, -0.15) is 0 Å². The Morgan fingerprint density at radius 1 is 1.27 bits per heavy atom. The largest absolute Gasteiger partial charge is 0.506 e. The Labute approximate surface area is 163 Å². The van der Waals surface area contributed by atoms with Crippen LogP contribution in [0.1, 0.15) is 31.4 Å².